The average molecular weight is 377 g/mol. The fourth-order valence-corrected chi connectivity index (χ4v) is 4.02. The minimum absolute atomic E-state index is 0.0778. The first-order chi connectivity index (χ1) is 13.6. The Balaban J connectivity index is 1.68. The van der Waals surface area contributed by atoms with Crippen LogP contribution >= 0.6 is 0 Å². The van der Waals surface area contributed by atoms with Crippen molar-refractivity contribution in [3.63, 3.8) is 0 Å². The number of amides is 1. The molecule has 2 aliphatic rings. The summed E-state index contributed by atoms with van der Waals surface area (Å²) in [5.41, 5.74) is 4.11. The van der Waals surface area contributed by atoms with Crippen LogP contribution in [0.3, 0.4) is 0 Å². The molecule has 2 aliphatic heterocycles. The number of anilines is 1. The fraction of sp³-hybridized carbons (Fsp3) is 0.238. The molecule has 1 amide bonds. The molecule has 0 fully saturated rings. The van der Waals surface area contributed by atoms with E-state index in [1.807, 2.05) is 49.4 Å². The molecule has 0 bridgehead atoms. The summed E-state index contributed by atoms with van der Waals surface area (Å²) in [4.78, 5) is 15.2. The summed E-state index contributed by atoms with van der Waals surface area (Å²) >= 11 is 0. The van der Waals surface area contributed by atoms with Gasteiger partial charge in [0.15, 0.2) is 11.5 Å². The number of benzene rings is 2. The number of carbonyl (C=O) groups excluding carboxylic acids is 1. The maximum absolute atomic E-state index is 13.4. The number of aryl methyl sites for hydroxylation is 2. The fourth-order valence-electron chi connectivity index (χ4n) is 4.02. The van der Waals surface area contributed by atoms with Gasteiger partial charge < -0.3 is 14.2 Å². The molecular formula is C21H19N3O4. The van der Waals surface area contributed by atoms with Gasteiger partial charge in [-0.1, -0.05) is 6.07 Å². The van der Waals surface area contributed by atoms with E-state index in [-0.39, 0.29) is 18.7 Å². The van der Waals surface area contributed by atoms with Gasteiger partial charge in [-0.3, -0.25) is 14.4 Å². The molecule has 7 nitrogen and oxygen atoms in total. The lowest BCUT2D eigenvalue weighted by molar-refractivity contribution is 0.0984. The highest BCUT2D eigenvalue weighted by atomic mass is 16.7. The zero-order chi connectivity index (χ0) is 19.4. The van der Waals surface area contributed by atoms with Gasteiger partial charge in [-0.2, -0.15) is 5.10 Å². The number of nitrogens with zero attached hydrogens (tertiary/aromatic N) is 3. The summed E-state index contributed by atoms with van der Waals surface area (Å²) in [6.07, 6.45) is 0. The van der Waals surface area contributed by atoms with Crippen molar-refractivity contribution in [2.45, 2.75) is 13.0 Å². The van der Waals surface area contributed by atoms with E-state index >= 15 is 0 Å². The lowest BCUT2D eigenvalue weighted by Gasteiger charge is -2.26. The first-order valence-electron chi connectivity index (χ1n) is 8.99. The van der Waals surface area contributed by atoms with Crippen molar-refractivity contribution in [2.24, 2.45) is 7.05 Å². The van der Waals surface area contributed by atoms with E-state index < -0.39 is 0 Å². The Bertz CT molecular complexity index is 1090. The first kappa shape index (κ1) is 16.7. The van der Waals surface area contributed by atoms with Crippen molar-refractivity contribution in [1.82, 2.24) is 9.78 Å². The van der Waals surface area contributed by atoms with Crippen LogP contribution in [0.1, 0.15) is 33.4 Å². The van der Waals surface area contributed by atoms with Crippen molar-refractivity contribution in [1.29, 1.82) is 0 Å². The topological polar surface area (TPSA) is 65.8 Å². The summed E-state index contributed by atoms with van der Waals surface area (Å²) in [5.74, 6) is 2.07. The van der Waals surface area contributed by atoms with Gasteiger partial charge in [0, 0.05) is 18.3 Å². The minimum atomic E-state index is -0.293. The molecule has 0 saturated carbocycles. The second kappa shape index (κ2) is 6.02. The zero-order valence-electron chi connectivity index (χ0n) is 15.8. The molecule has 0 saturated heterocycles. The van der Waals surface area contributed by atoms with Crippen LogP contribution in [-0.2, 0) is 7.05 Å². The van der Waals surface area contributed by atoms with Crippen LogP contribution in [0.2, 0.25) is 0 Å². The molecule has 3 aromatic rings. The van der Waals surface area contributed by atoms with Crippen molar-refractivity contribution in [3.8, 4) is 17.2 Å². The third-order valence-corrected chi connectivity index (χ3v) is 5.28. The molecule has 1 unspecified atom stereocenters. The average Bonchev–Trinajstić information content (AvgIpc) is 3.37. The minimum Gasteiger partial charge on any atom is -0.497 e. The number of ether oxygens (including phenoxy) is 3. The molecule has 142 valence electrons. The van der Waals surface area contributed by atoms with Gasteiger partial charge in [0.1, 0.15) is 11.4 Å². The molecule has 1 atom stereocenters. The summed E-state index contributed by atoms with van der Waals surface area (Å²) in [6, 6.07) is 13.0. The van der Waals surface area contributed by atoms with Gasteiger partial charge in [0.05, 0.1) is 18.8 Å². The second-order valence-electron chi connectivity index (χ2n) is 6.86. The van der Waals surface area contributed by atoms with E-state index in [1.165, 1.54) is 0 Å². The monoisotopic (exact) mass is 377 g/mol. The van der Waals surface area contributed by atoms with Crippen molar-refractivity contribution in [3.05, 3.63) is 65.0 Å². The summed E-state index contributed by atoms with van der Waals surface area (Å²) in [6.45, 7) is 2.14. The Morgan fingerprint density at radius 2 is 1.86 bits per heavy atom. The Labute approximate surface area is 162 Å². The molecule has 7 heteroatoms. The molecule has 0 aliphatic carbocycles. The third kappa shape index (κ3) is 2.29. The number of hydrogen-bond donors (Lipinski definition) is 0. The molecule has 0 N–H and O–H groups in total. The van der Waals surface area contributed by atoms with Crippen LogP contribution < -0.4 is 19.1 Å². The van der Waals surface area contributed by atoms with Gasteiger partial charge in [-0.15, -0.1) is 0 Å². The largest absolute Gasteiger partial charge is 0.497 e. The standard InChI is InChI=1S/C21H19N3O4/c1-12-18-19(13-4-9-16-17(10-13)28-11-27-16)24(21(25)20(18)23(2)22-12)14-5-7-15(26-3)8-6-14/h4-10,19H,11H2,1-3H3. The van der Waals surface area contributed by atoms with E-state index in [4.69, 9.17) is 14.2 Å². The maximum atomic E-state index is 13.4. The number of rotatable bonds is 3. The van der Waals surface area contributed by atoms with Gasteiger partial charge in [0.2, 0.25) is 6.79 Å². The third-order valence-electron chi connectivity index (χ3n) is 5.28. The van der Waals surface area contributed by atoms with Crippen LogP contribution in [0, 0.1) is 6.92 Å². The molecule has 5 rings (SSSR count). The Kier molecular flexibility index (Phi) is 3.58. The van der Waals surface area contributed by atoms with Crippen LogP contribution in [-0.4, -0.2) is 29.6 Å². The lowest BCUT2D eigenvalue weighted by atomic mass is 9.98. The number of aromatic nitrogens is 2. The second-order valence-corrected chi connectivity index (χ2v) is 6.86. The first-order valence-corrected chi connectivity index (χ1v) is 8.99. The van der Waals surface area contributed by atoms with Crippen LogP contribution in [0.5, 0.6) is 17.2 Å². The van der Waals surface area contributed by atoms with Gasteiger partial charge >= 0.3 is 0 Å². The highest BCUT2D eigenvalue weighted by Gasteiger charge is 2.43. The predicted octanol–water partition coefficient (Wildman–Crippen LogP) is 3.22. The molecular weight excluding hydrogens is 358 g/mol. The van der Waals surface area contributed by atoms with Gasteiger partial charge in [0.25, 0.3) is 5.91 Å². The number of carbonyl (C=O) groups is 1. The normalized spacial score (nSPS) is 17.2. The SMILES string of the molecule is COc1ccc(N2C(=O)c3c(c(C)nn3C)C2c2ccc3c(c2)OCO3)cc1. The Hall–Kier alpha value is -3.48. The number of hydrogen-bond acceptors (Lipinski definition) is 5. The lowest BCUT2D eigenvalue weighted by Crippen LogP contribution is -2.30. The summed E-state index contributed by atoms with van der Waals surface area (Å²) in [5, 5.41) is 4.48. The van der Waals surface area contributed by atoms with E-state index in [9.17, 15) is 4.79 Å². The number of methoxy groups -OCH3 is 1. The molecule has 1 aromatic heterocycles. The molecule has 0 spiro atoms. The van der Waals surface area contributed by atoms with E-state index in [0.717, 1.165) is 28.3 Å². The Morgan fingerprint density at radius 1 is 1.11 bits per heavy atom. The maximum Gasteiger partial charge on any atom is 0.277 e. The molecule has 28 heavy (non-hydrogen) atoms. The van der Waals surface area contributed by atoms with E-state index in [2.05, 4.69) is 5.10 Å². The highest BCUT2D eigenvalue weighted by Crippen LogP contribution is 2.45. The van der Waals surface area contributed by atoms with E-state index in [0.29, 0.717) is 17.2 Å². The molecule has 0 radical (unpaired) electrons. The number of fused-ring (bicyclic) bond motifs is 2. The quantitative estimate of drug-likeness (QED) is 0.701. The Morgan fingerprint density at radius 3 is 2.61 bits per heavy atom. The van der Waals surface area contributed by atoms with Crippen LogP contribution in [0.15, 0.2) is 42.5 Å². The molecule has 3 heterocycles. The molecule has 2 aromatic carbocycles. The zero-order valence-corrected chi connectivity index (χ0v) is 15.8. The van der Waals surface area contributed by atoms with E-state index in [1.54, 1.807) is 23.7 Å². The highest BCUT2D eigenvalue weighted by molar-refractivity contribution is 6.11. The summed E-state index contributed by atoms with van der Waals surface area (Å²) < 4.78 is 17.9. The van der Waals surface area contributed by atoms with Crippen LogP contribution in [0.4, 0.5) is 5.69 Å². The smallest absolute Gasteiger partial charge is 0.277 e. The van der Waals surface area contributed by atoms with Crippen LogP contribution in [0.25, 0.3) is 0 Å². The van der Waals surface area contributed by atoms with Crippen molar-refractivity contribution in [2.75, 3.05) is 18.8 Å². The van der Waals surface area contributed by atoms with Crippen molar-refractivity contribution < 1.29 is 19.0 Å². The van der Waals surface area contributed by atoms with Crippen molar-refractivity contribution >= 4 is 11.6 Å². The summed E-state index contributed by atoms with van der Waals surface area (Å²) in [7, 11) is 3.42. The predicted molar refractivity (Wildman–Crippen MR) is 102 cm³/mol. The van der Waals surface area contributed by atoms with Gasteiger partial charge in [-0.05, 0) is 48.9 Å². The van der Waals surface area contributed by atoms with Gasteiger partial charge in [-0.25, -0.2) is 0 Å².